The third-order valence-corrected chi connectivity index (χ3v) is 6.88. The first-order valence-corrected chi connectivity index (χ1v) is 12.7. The molecule has 0 saturated heterocycles. The van der Waals surface area contributed by atoms with Gasteiger partial charge in [0.2, 0.25) is 6.23 Å². The topological polar surface area (TPSA) is 67.9 Å². The average molecular weight is 523 g/mol. The summed E-state index contributed by atoms with van der Waals surface area (Å²) in [5.74, 6) is -0.792. The van der Waals surface area contributed by atoms with E-state index in [0.717, 1.165) is 32.1 Å². The van der Waals surface area contributed by atoms with Crippen LogP contribution >= 0.6 is 23.2 Å². The Morgan fingerprint density at radius 2 is 1.83 bits per heavy atom. The molecule has 2 unspecified atom stereocenters. The van der Waals surface area contributed by atoms with Gasteiger partial charge in [-0.25, -0.2) is 9.18 Å². The van der Waals surface area contributed by atoms with Crippen LogP contribution in [-0.4, -0.2) is 29.0 Å². The number of nitrogens with zero attached hydrogens (tertiary/aromatic N) is 1. The number of benzene rings is 2. The highest BCUT2D eigenvalue weighted by Crippen LogP contribution is 2.39. The number of nitrogens with one attached hydrogen (secondary N) is 1. The number of alkyl carbamates (subject to hydrolysis) is 1. The number of hydrogen-bond donors (Lipinski definition) is 1. The lowest BCUT2D eigenvalue weighted by Crippen LogP contribution is -2.46. The Bertz CT molecular complexity index is 1090. The van der Waals surface area contributed by atoms with E-state index in [1.54, 1.807) is 24.3 Å². The predicted octanol–water partition coefficient (Wildman–Crippen LogP) is 6.64. The van der Waals surface area contributed by atoms with Gasteiger partial charge < -0.3 is 14.8 Å². The summed E-state index contributed by atoms with van der Waals surface area (Å²) in [6, 6.07) is 9.17. The lowest BCUT2D eigenvalue weighted by Gasteiger charge is -2.32. The molecule has 1 aliphatic heterocycles. The summed E-state index contributed by atoms with van der Waals surface area (Å²) in [7, 11) is 0. The predicted molar refractivity (Wildman–Crippen MR) is 132 cm³/mol. The van der Waals surface area contributed by atoms with E-state index < -0.39 is 30.1 Å². The Balaban J connectivity index is 1.72. The summed E-state index contributed by atoms with van der Waals surface area (Å²) < 4.78 is 26.7. The zero-order valence-electron chi connectivity index (χ0n) is 19.7. The highest BCUT2D eigenvalue weighted by atomic mass is 35.5. The van der Waals surface area contributed by atoms with E-state index in [4.69, 9.17) is 32.7 Å². The van der Waals surface area contributed by atoms with Gasteiger partial charge in [-0.05, 0) is 49.1 Å². The first kappa shape index (κ1) is 25.6. The fourth-order valence-corrected chi connectivity index (χ4v) is 4.88. The summed E-state index contributed by atoms with van der Waals surface area (Å²) in [4.78, 5) is 28.0. The SMILES string of the molecule is CC(C)C1Oc2ccc(Cl)cc2C(OC(=O)NC2CCCCC2)N(Cc2ccc(Cl)cc2F)C1=O. The molecule has 1 N–H and O–H groups in total. The van der Waals surface area contributed by atoms with Crippen molar-refractivity contribution in [2.24, 2.45) is 5.92 Å². The molecule has 2 aromatic rings. The Morgan fingerprint density at radius 3 is 2.51 bits per heavy atom. The van der Waals surface area contributed by atoms with Crippen LogP contribution in [0, 0.1) is 11.7 Å². The second-order valence-electron chi connectivity index (χ2n) is 9.40. The largest absolute Gasteiger partial charge is 0.480 e. The fraction of sp³-hybridized carbons (Fsp3) is 0.462. The molecule has 0 spiro atoms. The summed E-state index contributed by atoms with van der Waals surface area (Å²) >= 11 is 12.2. The number of carbonyl (C=O) groups is 2. The van der Waals surface area contributed by atoms with Gasteiger partial charge in [-0.1, -0.05) is 62.4 Å². The highest BCUT2D eigenvalue weighted by Gasteiger charge is 2.41. The zero-order chi connectivity index (χ0) is 25.1. The Hall–Kier alpha value is -2.51. The number of rotatable bonds is 5. The molecule has 1 saturated carbocycles. The van der Waals surface area contributed by atoms with E-state index in [1.807, 2.05) is 13.8 Å². The maximum Gasteiger partial charge on any atom is 0.409 e. The third-order valence-electron chi connectivity index (χ3n) is 6.41. The van der Waals surface area contributed by atoms with E-state index in [2.05, 4.69) is 5.32 Å². The molecule has 6 nitrogen and oxygen atoms in total. The average Bonchev–Trinajstić information content (AvgIpc) is 2.91. The van der Waals surface area contributed by atoms with Crippen LogP contribution in [0.4, 0.5) is 9.18 Å². The van der Waals surface area contributed by atoms with Crippen LogP contribution < -0.4 is 10.1 Å². The van der Waals surface area contributed by atoms with Crippen molar-refractivity contribution in [1.29, 1.82) is 0 Å². The normalized spacial score (nSPS) is 20.7. The molecule has 2 aliphatic rings. The van der Waals surface area contributed by atoms with Gasteiger partial charge in [-0.15, -0.1) is 0 Å². The molecule has 0 radical (unpaired) electrons. The Morgan fingerprint density at radius 1 is 1.14 bits per heavy atom. The molecule has 188 valence electrons. The van der Waals surface area contributed by atoms with E-state index >= 15 is 0 Å². The molecule has 0 aromatic heterocycles. The van der Waals surface area contributed by atoms with Crippen molar-refractivity contribution in [2.75, 3.05) is 0 Å². The lowest BCUT2D eigenvalue weighted by molar-refractivity contribution is -0.150. The van der Waals surface area contributed by atoms with Crippen LogP contribution in [0.3, 0.4) is 0 Å². The third kappa shape index (κ3) is 6.01. The summed E-state index contributed by atoms with van der Waals surface area (Å²) in [6.07, 6.45) is 2.29. The zero-order valence-corrected chi connectivity index (χ0v) is 21.2. The van der Waals surface area contributed by atoms with E-state index in [0.29, 0.717) is 16.3 Å². The van der Waals surface area contributed by atoms with Crippen LogP contribution in [0.5, 0.6) is 5.75 Å². The van der Waals surface area contributed by atoms with Gasteiger partial charge in [0.25, 0.3) is 5.91 Å². The van der Waals surface area contributed by atoms with Gasteiger partial charge in [-0.3, -0.25) is 9.69 Å². The summed E-state index contributed by atoms with van der Waals surface area (Å²) in [6.45, 7) is 3.56. The lowest BCUT2D eigenvalue weighted by atomic mass is 9.96. The van der Waals surface area contributed by atoms with Crippen molar-refractivity contribution in [3.63, 3.8) is 0 Å². The number of halogens is 3. The molecule has 1 heterocycles. The number of carbonyl (C=O) groups excluding carboxylic acids is 2. The van der Waals surface area contributed by atoms with Crippen LogP contribution in [0.15, 0.2) is 36.4 Å². The van der Waals surface area contributed by atoms with Crippen molar-refractivity contribution in [3.8, 4) is 5.75 Å². The molecular weight excluding hydrogens is 494 g/mol. The van der Waals surface area contributed by atoms with E-state index in [-0.39, 0.29) is 29.1 Å². The fourth-order valence-electron chi connectivity index (χ4n) is 4.55. The van der Waals surface area contributed by atoms with Crippen LogP contribution in [0.2, 0.25) is 10.0 Å². The molecule has 2 amide bonds. The van der Waals surface area contributed by atoms with Gasteiger partial charge in [0, 0.05) is 21.7 Å². The molecule has 1 aliphatic carbocycles. The molecule has 2 aromatic carbocycles. The number of ether oxygens (including phenoxy) is 2. The molecule has 4 rings (SSSR count). The molecule has 9 heteroatoms. The van der Waals surface area contributed by atoms with Gasteiger partial charge in [0.1, 0.15) is 11.6 Å². The first-order chi connectivity index (χ1) is 16.7. The second-order valence-corrected chi connectivity index (χ2v) is 10.3. The Kier molecular flexibility index (Phi) is 8.07. The number of hydrogen-bond acceptors (Lipinski definition) is 4. The maximum absolute atomic E-state index is 14.8. The minimum absolute atomic E-state index is 0.0124. The van der Waals surface area contributed by atoms with Crippen molar-refractivity contribution in [1.82, 2.24) is 10.2 Å². The molecule has 0 bridgehead atoms. The van der Waals surface area contributed by atoms with Gasteiger partial charge in [0.15, 0.2) is 6.10 Å². The number of fused-ring (bicyclic) bond motifs is 1. The maximum atomic E-state index is 14.8. The van der Waals surface area contributed by atoms with Gasteiger partial charge in [-0.2, -0.15) is 0 Å². The Labute approximate surface area is 214 Å². The van der Waals surface area contributed by atoms with Crippen LogP contribution in [0.1, 0.15) is 63.3 Å². The molecule has 1 fully saturated rings. The van der Waals surface area contributed by atoms with Crippen molar-refractivity contribution >= 4 is 35.2 Å². The number of amides is 2. The van der Waals surface area contributed by atoms with Crippen molar-refractivity contribution in [2.45, 2.75) is 70.9 Å². The highest BCUT2D eigenvalue weighted by molar-refractivity contribution is 6.30. The van der Waals surface area contributed by atoms with Crippen LogP contribution in [-0.2, 0) is 16.1 Å². The van der Waals surface area contributed by atoms with Gasteiger partial charge >= 0.3 is 6.09 Å². The quantitative estimate of drug-likeness (QED) is 0.478. The van der Waals surface area contributed by atoms with Crippen LogP contribution in [0.25, 0.3) is 0 Å². The van der Waals surface area contributed by atoms with Crippen molar-refractivity contribution in [3.05, 3.63) is 63.4 Å². The smallest absolute Gasteiger partial charge is 0.409 e. The van der Waals surface area contributed by atoms with E-state index in [1.165, 1.54) is 17.0 Å². The first-order valence-electron chi connectivity index (χ1n) is 11.9. The standard InChI is InChI=1S/C26H29Cl2FN2O4/c1-15(2)23-24(32)31(14-16-8-9-18(28)13-21(16)29)25(20-12-17(27)10-11-22(20)34-23)35-26(33)30-19-6-4-3-5-7-19/h8-13,15,19,23,25H,3-7,14H2,1-2H3,(H,30,33). The summed E-state index contributed by atoms with van der Waals surface area (Å²) in [5.41, 5.74) is 0.652. The van der Waals surface area contributed by atoms with E-state index in [9.17, 15) is 14.0 Å². The monoisotopic (exact) mass is 522 g/mol. The minimum Gasteiger partial charge on any atom is -0.480 e. The molecule has 2 atom stereocenters. The molecular formula is C26H29Cl2FN2O4. The van der Waals surface area contributed by atoms with Gasteiger partial charge in [0.05, 0.1) is 12.1 Å². The molecule has 35 heavy (non-hydrogen) atoms. The van der Waals surface area contributed by atoms with Crippen molar-refractivity contribution < 1.29 is 23.5 Å². The summed E-state index contributed by atoms with van der Waals surface area (Å²) in [5, 5.41) is 3.55. The minimum atomic E-state index is -1.17. The second kappa shape index (κ2) is 11.0.